The van der Waals surface area contributed by atoms with Gasteiger partial charge in [0.05, 0.1) is 19.8 Å². The van der Waals surface area contributed by atoms with Gasteiger partial charge in [-0.1, -0.05) is 18.2 Å². The zero-order chi connectivity index (χ0) is 13.9. The molecule has 4 heteroatoms. The standard InChI is InChI=1S/C16H24N2O2/c1-17-9-10-20-16-7-8-18(12-14(16)17)11-13-5-3-4-6-15(13)19-2/h3-6,14,16H,7-12H2,1-2H3/t14-,16-/m1/s1. The molecule has 2 aliphatic rings. The maximum atomic E-state index is 5.90. The van der Waals surface area contributed by atoms with Gasteiger partial charge in [0.15, 0.2) is 0 Å². The second-order valence-corrected chi connectivity index (χ2v) is 5.79. The van der Waals surface area contributed by atoms with Crippen molar-refractivity contribution < 1.29 is 9.47 Å². The van der Waals surface area contributed by atoms with Crippen molar-refractivity contribution in [2.24, 2.45) is 0 Å². The van der Waals surface area contributed by atoms with Gasteiger partial charge in [0.2, 0.25) is 0 Å². The van der Waals surface area contributed by atoms with E-state index >= 15 is 0 Å². The Morgan fingerprint density at radius 2 is 2.15 bits per heavy atom. The van der Waals surface area contributed by atoms with E-state index in [0.29, 0.717) is 12.1 Å². The molecule has 0 spiro atoms. The summed E-state index contributed by atoms with van der Waals surface area (Å²) in [5.74, 6) is 0.989. The van der Waals surface area contributed by atoms with E-state index < -0.39 is 0 Å². The van der Waals surface area contributed by atoms with E-state index in [1.54, 1.807) is 7.11 Å². The first kappa shape index (κ1) is 13.9. The first-order valence-electron chi connectivity index (χ1n) is 7.44. The van der Waals surface area contributed by atoms with E-state index in [0.717, 1.165) is 45.0 Å². The predicted octanol–water partition coefficient (Wildman–Crippen LogP) is 1.60. The molecule has 0 aromatic heterocycles. The molecule has 0 N–H and O–H groups in total. The van der Waals surface area contributed by atoms with Gasteiger partial charge in [0, 0.05) is 37.8 Å². The Morgan fingerprint density at radius 1 is 1.30 bits per heavy atom. The maximum Gasteiger partial charge on any atom is 0.123 e. The van der Waals surface area contributed by atoms with Crippen LogP contribution in [0.1, 0.15) is 12.0 Å². The molecular weight excluding hydrogens is 252 g/mol. The third-order valence-corrected chi connectivity index (χ3v) is 4.53. The zero-order valence-corrected chi connectivity index (χ0v) is 12.4. The van der Waals surface area contributed by atoms with Crippen molar-refractivity contribution in [1.29, 1.82) is 0 Å². The number of nitrogens with zero attached hydrogens (tertiary/aromatic N) is 2. The van der Waals surface area contributed by atoms with Crippen LogP contribution in [0.25, 0.3) is 0 Å². The van der Waals surface area contributed by atoms with Gasteiger partial charge in [0.1, 0.15) is 5.75 Å². The molecular formula is C16H24N2O2. The number of hydrogen-bond donors (Lipinski definition) is 0. The lowest BCUT2D eigenvalue weighted by atomic mass is 9.98. The molecule has 20 heavy (non-hydrogen) atoms. The van der Waals surface area contributed by atoms with E-state index in [1.807, 2.05) is 12.1 Å². The smallest absolute Gasteiger partial charge is 0.123 e. The number of rotatable bonds is 3. The average molecular weight is 276 g/mol. The van der Waals surface area contributed by atoms with Crippen molar-refractivity contribution in [3.63, 3.8) is 0 Å². The third kappa shape index (κ3) is 2.82. The summed E-state index contributed by atoms with van der Waals surface area (Å²) in [4.78, 5) is 4.97. The Bertz CT molecular complexity index is 452. The van der Waals surface area contributed by atoms with Gasteiger partial charge in [-0.15, -0.1) is 0 Å². The summed E-state index contributed by atoms with van der Waals surface area (Å²) < 4.78 is 11.4. The summed E-state index contributed by atoms with van der Waals surface area (Å²) in [7, 11) is 3.96. The Kier molecular flexibility index (Phi) is 4.24. The molecule has 2 heterocycles. The second-order valence-electron chi connectivity index (χ2n) is 5.79. The SMILES string of the molecule is COc1ccccc1CN1CC[C@H]2OCCN(C)[C@@H]2C1. The topological polar surface area (TPSA) is 24.9 Å². The molecule has 2 atom stereocenters. The molecule has 4 nitrogen and oxygen atoms in total. The highest BCUT2D eigenvalue weighted by Crippen LogP contribution is 2.25. The fourth-order valence-electron chi connectivity index (χ4n) is 3.33. The number of fused-ring (bicyclic) bond motifs is 1. The number of morpholine rings is 1. The lowest BCUT2D eigenvalue weighted by Crippen LogP contribution is -2.58. The van der Waals surface area contributed by atoms with E-state index in [9.17, 15) is 0 Å². The van der Waals surface area contributed by atoms with Crippen LogP contribution < -0.4 is 4.74 Å². The highest BCUT2D eigenvalue weighted by atomic mass is 16.5. The number of likely N-dealkylation sites (tertiary alicyclic amines) is 1. The highest BCUT2D eigenvalue weighted by molar-refractivity contribution is 5.33. The molecule has 0 aliphatic carbocycles. The molecule has 0 radical (unpaired) electrons. The van der Waals surface area contributed by atoms with Gasteiger partial charge >= 0.3 is 0 Å². The molecule has 1 aromatic carbocycles. The number of methoxy groups -OCH3 is 1. The minimum atomic E-state index is 0.419. The molecule has 2 fully saturated rings. The minimum Gasteiger partial charge on any atom is -0.496 e. The van der Waals surface area contributed by atoms with Crippen LogP contribution in [0.15, 0.2) is 24.3 Å². The Hall–Kier alpha value is -1.10. The van der Waals surface area contributed by atoms with Crippen LogP contribution in [0.5, 0.6) is 5.75 Å². The van der Waals surface area contributed by atoms with E-state index in [2.05, 4.69) is 29.0 Å². The van der Waals surface area contributed by atoms with Gasteiger partial charge < -0.3 is 9.47 Å². The normalized spacial score (nSPS) is 28.1. The molecule has 2 aliphatic heterocycles. The Balaban J connectivity index is 1.66. The van der Waals surface area contributed by atoms with Crippen LogP contribution in [-0.4, -0.2) is 62.3 Å². The number of likely N-dealkylation sites (N-methyl/N-ethyl adjacent to an activating group) is 1. The Morgan fingerprint density at radius 3 is 3.00 bits per heavy atom. The van der Waals surface area contributed by atoms with Crippen LogP contribution in [-0.2, 0) is 11.3 Å². The fraction of sp³-hybridized carbons (Fsp3) is 0.625. The van der Waals surface area contributed by atoms with Crippen molar-refractivity contribution in [3.8, 4) is 5.75 Å². The van der Waals surface area contributed by atoms with E-state index in [4.69, 9.17) is 9.47 Å². The van der Waals surface area contributed by atoms with Gasteiger partial charge in [-0.05, 0) is 19.5 Å². The first-order chi connectivity index (χ1) is 9.78. The average Bonchev–Trinajstić information content (AvgIpc) is 2.49. The van der Waals surface area contributed by atoms with Crippen LogP contribution in [0.3, 0.4) is 0 Å². The van der Waals surface area contributed by atoms with Crippen molar-refractivity contribution in [1.82, 2.24) is 9.80 Å². The van der Waals surface area contributed by atoms with Crippen LogP contribution >= 0.6 is 0 Å². The Labute approximate surface area is 121 Å². The predicted molar refractivity (Wildman–Crippen MR) is 79.0 cm³/mol. The van der Waals surface area contributed by atoms with Crippen LogP contribution in [0.4, 0.5) is 0 Å². The van der Waals surface area contributed by atoms with Gasteiger partial charge in [-0.25, -0.2) is 0 Å². The lowest BCUT2D eigenvalue weighted by molar-refractivity contribution is -0.0957. The molecule has 1 aromatic rings. The monoisotopic (exact) mass is 276 g/mol. The molecule has 3 rings (SSSR count). The van der Waals surface area contributed by atoms with Crippen molar-refractivity contribution in [2.75, 3.05) is 40.4 Å². The van der Waals surface area contributed by atoms with Crippen molar-refractivity contribution in [3.05, 3.63) is 29.8 Å². The maximum absolute atomic E-state index is 5.90. The summed E-state index contributed by atoms with van der Waals surface area (Å²) in [6, 6.07) is 8.84. The highest BCUT2D eigenvalue weighted by Gasteiger charge is 2.35. The van der Waals surface area contributed by atoms with Crippen molar-refractivity contribution >= 4 is 0 Å². The summed E-state index contributed by atoms with van der Waals surface area (Å²) in [5, 5.41) is 0. The number of benzene rings is 1. The summed E-state index contributed by atoms with van der Waals surface area (Å²) in [6.45, 7) is 5.07. The van der Waals surface area contributed by atoms with E-state index in [1.165, 1.54) is 5.56 Å². The van der Waals surface area contributed by atoms with Crippen LogP contribution in [0.2, 0.25) is 0 Å². The van der Waals surface area contributed by atoms with Crippen molar-refractivity contribution in [2.45, 2.75) is 25.1 Å². The first-order valence-corrected chi connectivity index (χ1v) is 7.44. The van der Waals surface area contributed by atoms with Gasteiger partial charge in [-0.3, -0.25) is 9.80 Å². The van der Waals surface area contributed by atoms with Gasteiger partial charge in [0.25, 0.3) is 0 Å². The molecule has 0 saturated carbocycles. The summed E-state index contributed by atoms with van der Waals surface area (Å²) >= 11 is 0. The quantitative estimate of drug-likeness (QED) is 0.837. The zero-order valence-electron chi connectivity index (χ0n) is 12.4. The second kappa shape index (κ2) is 6.12. The largest absolute Gasteiger partial charge is 0.496 e. The minimum absolute atomic E-state index is 0.419. The number of piperidine rings is 1. The van der Waals surface area contributed by atoms with Crippen LogP contribution in [0, 0.1) is 0 Å². The molecule has 0 bridgehead atoms. The summed E-state index contributed by atoms with van der Waals surface area (Å²) in [6.07, 6.45) is 1.55. The molecule has 110 valence electrons. The van der Waals surface area contributed by atoms with E-state index in [-0.39, 0.29) is 0 Å². The molecule has 0 unspecified atom stereocenters. The number of para-hydroxylation sites is 1. The summed E-state index contributed by atoms with van der Waals surface area (Å²) in [5.41, 5.74) is 1.27. The third-order valence-electron chi connectivity index (χ3n) is 4.53. The fourth-order valence-corrected chi connectivity index (χ4v) is 3.33. The van der Waals surface area contributed by atoms with Gasteiger partial charge in [-0.2, -0.15) is 0 Å². The molecule has 0 amide bonds. The lowest BCUT2D eigenvalue weighted by Gasteiger charge is -2.45. The number of hydrogen-bond acceptors (Lipinski definition) is 4. The number of ether oxygens (including phenoxy) is 2. The molecule has 2 saturated heterocycles.